The van der Waals surface area contributed by atoms with Gasteiger partial charge in [0.05, 0.1) is 11.9 Å². The van der Waals surface area contributed by atoms with Crippen LogP contribution in [-0.4, -0.2) is 63.5 Å². The van der Waals surface area contributed by atoms with Crippen LogP contribution in [0.1, 0.15) is 41.7 Å². The number of rotatable bonds is 9. The molecule has 49 heavy (non-hydrogen) atoms. The van der Waals surface area contributed by atoms with Crippen LogP contribution in [0.2, 0.25) is 0 Å². The summed E-state index contributed by atoms with van der Waals surface area (Å²) in [5, 5.41) is 6.09. The van der Waals surface area contributed by atoms with Gasteiger partial charge in [0.15, 0.2) is 5.82 Å². The number of ether oxygens (including phenoxy) is 1. The monoisotopic (exact) mass is 663 g/mol. The molecule has 3 amide bonds. The quantitative estimate of drug-likeness (QED) is 0.173. The summed E-state index contributed by atoms with van der Waals surface area (Å²) in [5.41, 5.74) is 3.91. The van der Waals surface area contributed by atoms with Crippen molar-refractivity contribution in [3.8, 4) is 16.9 Å². The van der Waals surface area contributed by atoms with E-state index in [2.05, 4.69) is 27.2 Å². The minimum atomic E-state index is -0.527. The molecule has 0 unspecified atom stereocenters. The largest absolute Gasteiger partial charge is 0.492 e. The maximum atomic E-state index is 14.6. The lowest BCUT2D eigenvalue weighted by Crippen LogP contribution is -2.51. The summed E-state index contributed by atoms with van der Waals surface area (Å²) in [4.78, 5) is 39.2. The maximum absolute atomic E-state index is 14.6. The van der Waals surface area contributed by atoms with Gasteiger partial charge in [-0.15, -0.1) is 0 Å². The number of imidazole rings is 1. The molecule has 2 aliphatic rings. The van der Waals surface area contributed by atoms with E-state index in [0.717, 1.165) is 29.6 Å². The third kappa shape index (κ3) is 6.47. The Morgan fingerprint density at radius 1 is 0.980 bits per heavy atom. The maximum Gasteiger partial charge on any atom is 0.335 e. The molecule has 10 nitrogen and oxygen atoms in total. The number of amides is 3. The first-order chi connectivity index (χ1) is 23.8. The Labute approximate surface area is 282 Å². The van der Waals surface area contributed by atoms with Crippen LogP contribution in [0, 0.1) is 11.6 Å². The van der Waals surface area contributed by atoms with E-state index in [9.17, 15) is 18.4 Å². The first-order valence-electron chi connectivity index (χ1n) is 16.2. The number of nitrogens with zero attached hydrogens (tertiary/aromatic N) is 5. The van der Waals surface area contributed by atoms with Gasteiger partial charge in [-0.1, -0.05) is 30.8 Å². The number of carbonyl (C=O) groups is 2. The van der Waals surface area contributed by atoms with Gasteiger partial charge in [0.2, 0.25) is 0 Å². The standard InChI is InChI=1S/C37H35F2N7O3/c1-23-32-19-27(39)20-41-35(32)46(30-5-3-4-25(18-30)24-6-13-31(14-7-24)49-17-16-40-2)37(48)45(23)29-11-9-28(10-12-29)42-36(47)33-22-44-21-26(38)8-15-34(44)43-33/h3-8,13-15,18-22,28-29,40H,1,9-12,16-17H2,2H3,(H,42,47). The molecular weight excluding hydrogens is 628 g/mol. The van der Waals surface area contributed by atoms with E-state index in [1.54, 1.807) is 4.90 Å². The number of pyridine rings is 2. The number of halogens is 2. The van der Waals surface area contributed by atoms with Crippen molar-refractivity contribution in [2.45, 2.75) is 37.8 Å². The van der Waals surface area contributed by atoms with Gasteiger partial charge in [0.1, 0.15) is 35.3 Å². The Morgan fingerprint density at radius 2 is 1.78 bits per heavy atom. The Kier molecular flexibility index (Phi) is 8.79. The lowest BCUT2D eigenvalue weighted by Gasteiger charge is -2.43. The summed E-state index contributed by atoms with van der Waals surface area (Å²) in [6.45, 7) is 5.51. The van der Waals surface area contributed by atoms with E-state index in [1.807, 2.05) is 55.6 Å². The zero-order valence-corrected chi connectivity index (χ0v) is 26.9. The van der Waals surface area contributed by atoms with Crippen molar-refractivity contribution in [1.29, 1.82) is 0 Å². The summed E-state index contributed by atoms with van der Waals surface area (Å²) >= 11 is 0. The second-order valence-corrected chi connectivity index (χ2v) is 12.2. The number of likely N-dealkylation sites (N-methyl/N-ethyl adjacent to an activating group) is 1. The molecule has 0 atom stereocenters. The molecule has 0 saturated heterocycles. The van der Waals surface area contributed by atoms with Crippen molar-refractivity contribution in [1.82, 2.24) is 29.9 Å². The summed E-state index contributed by atoms with van der Waals surface area (Å²) in [7, 11) is 1.87. The molecule has 4 heterocycles. The minimum absolute atomic E-state index is 0.141. The highest BCUT2D eigenvalue weighted by molar-refractivity contribution is 6.08. The Hall–Kier alpha value is -5.62. The molecule has 3 aromatic heterocycles. The third-order valence-electron chi connectivity index (χ3n) is 9.00. The van der Waals surface area contributed by atoms with Crippen LogP contribution in [0.15, 0.2) is 91.9 Å². The minimum Gasteiger partial charge on any atom is -0.492 e. The van der Waals surface area contributed by atoms with Crippen LogP contribution < -0.4 is 20.3 Å². The number of carbonyl (C=O) groups excluding carboxylic acids is 2. The van der Waals surface area contributed by atoms with E-state index in [1.165, 1.54) is 39.9 Å². The van der Waals surface area contributed by atoms with Gasteiger partial charge in [0.25, 0.3) is 5.91 Å². The fourth-order valence-corrected chi connectivity index (χ4v) is 6.53. The number of nitrogens with one attached hydrogen (secondary N) is 2. The van der Waals surface area contributed by atoms with Crippen molar-refractivity contribution in [2.24, 2.45) is 0 Å². The third-order valence-corrected chi connectivity index (χ3v) is 9.00. The summed E-state index contributed by atoms with van der Waals surface area (Å²) in [5.74, 6) is -0.221. The van der Waals surface area contributed by atoms with Crippen LogP contribution >= 0.6 is 0 Å². The normalized spacial score (nSPS) is 17.7. The van der Waals surface area contributed by atoms with E-state index >= 15 is 0 Å². The van der Waals surface area contributed by atoms with E-state index in [-0.39, 0.29) is 29.7 Å². The van der Waals surface area contributed by atoms with Gasteiger partial charge in [-0.25, -0.2) is 28.4 Å². The van der Waals surface area contributed by atoms with E-state index in [0.29, 0.717) is 60.7 Å². The van der Waals surface area contributed by atoms with Crippen LogP contribution in [0.4, 0.5) is 25.1 Å². The van der Waals surface area contributed by atoms with Crippen LogP contribution in [0.25, 0.3) is 22.5 Å². The van der Waals surface area contributed by atoms with Crippen molar-refractivity contribution in [2.75, 3.05) is 25.1 Å². The van der Waals surface area contributed by atoms with Gasteiger partial charge in [-0.3, -0.25) is 9.69 Å². The predicted octanol–water partition coefficient (Wildman–Crippen LogP) is 6.56. The Bertz CT molecular complexity index is 2040. The number of urea groups is 1. The molecule has 0 spiro atoms. The van der Waals surface area contributed by atoms with Crippen molar-refractivity contribution < 1.29 is 23.1 Å². The molecule has 5 aromatic rings. The predicted molar refractivity (Wildman–Crippen MR) is 183 cm³/mol. The number of anilines is 2. The first kappa shape index (κ1) is 32.0. The van der Waals surface area contributed by atoms with Crippen molar-refractivity contribution in [3.05, 3.63) is 115 Å². The number of aromatic nitrogens is 3. The molecule has 2 N–H and O–H groups in total. The highest BCUT2D eigenvalue weighted by Gasteiger charge is 2.40. The van der Waals surface area contributed by atoms with Crippen LogP contribution in [0.3, 0.4) is 0 Å². The SMILES string of the molecule is C=C1c2cc(F)cnc2N(c2cccc(-c3ccc(OCCNC)cc3)c2)C(=O)N1C1CCC(NC(=O)c2cn3cc(F)ccc3n2)CC1. The van der Waals surface area contributed by atoms with Gasteiger partial charge in [-0.05, 0) is 86.3 Å². The van der Waals surface area contributed by atoms with Gasteiger partial charge >= 0.3 is 6.03 Å². The van der Waals surface area contributed by atoms with Gasteiger partial charge in [-0.2, -0.15) is 0 Å². The fraction of sp³-hybridized carbons (Fsp3) is 0.243. The highest BCUT2D eigenvalue weighted by atomic mass is 19.1. The highest BCUT2D eigenvalue weighted by Crippen LogP contribution is 2.42. The lowest BCUT2D eigenvalue weighted by molar-refractivity contribution is 0.0914. The number of fused-ring (bicyclic) bond motifs is 2. The average molecular weight is 664 g/mol. The summed E-state index contributed by atoms with van der Waals surface area (Å²) in [6.07, 6.45) is 6.25. The summed E-state index contributed by atoms with van der Waals surface area (Å²) in [6, 6.07) is 18.8. The molecule has 1 aliphatic heterocycles. The molecular formula is C37H35F2N7O3. The lowest BCUT2D eigenvalue weighted by atomic mass is 9.89. The molecule has 1 saturated carbocycles. The Balaban J connectivity index is 1.09. The molecule has 7 rings (SSSR count). The average Bonchev–Trinajstić information content (AvgIpc) is 3.54. The molecule has 1 fully saturated rings. The van der Waals surface area contributed by atoms with Gasteiger partial charge < -0.3 is 19.8 Å². The number of benzene rings is 2. The molecule has 12 heteroatoms. The number of hydrogen-bond donors (Lipinski definition) is 2. The zero-order valence-electron chi connectivity index (χ0n) is 26.9. The zero-order chi connectivity index (χ0) is 34.1. The molecule has 1 aliphatic carbocycles. The van der Waals surface area contributed by atoms with Crippen LogP contribution in [-0.2, 0) is 0 Å². The second kappa shape index (κ2) is 13.5. The van der Waals surface area contributed by atoms with E-state index < -0.39 is 11.6 Å². The molecule has 0 bridgehead atoms. The topological polar surface area (TPSA) is 104 Å². The molecule has 2 aromatic carbocycles. The second-order valence-electron chi connectivity index (χ2n) is 12.2. The van der Waals surface area contributed by atoms with Crippen molar-refractivity contribution in [3.63, 3.8) is 0 Å². The van der Waals surface area contributed by atoms with E-state index in [4.69, 9.17) is 4.74 Å². The van der Waals surface area contributed by atoms with Gasteiger partial charge in [0, 0.05) is 42.3 Å². The Morgan fingerprint density at radius 3 is 2.55 bits per heavy atom. The first-order valence-corrected chi connectivity index (χ1v) is 16.2. The van der Waals surface area contributed by atoms with Crippen molar-refractivity contribution >= 4 is 34.8 Å². The number of hydrogen-bond acceptors (Lipinski definition) is 6. The fourth-order valence-electron chi connectivity index (χ4n) is 6.53. The molecule has 250 valence electrons. The molecule has 0 radical (unpaired) electrons. The summed E-state index contributed by atoms with van der Waals surface area (Å²) < 4.78 is 35.4. The smallest absolute Gasteiger partial charge is 0.335 e. The van der Waals surface area contributed by atoms with Crippen LogP contribution in [0.5, 0.6) is 5.75 Å².